The smallest absolute Gasteiger partial charge is 0.302 e. The topological polar surface area (TPSA) is 108 Å². The van der Waals surface area contributed by atoms with Crippen LogP contribution in [-0.2, 0) is 9.59 Å². The normalized spacial score (nSPS) is 17.4. The van der Waals surface area contributed by atoms with Crippen LogP contribution in [0.3, 0.4) is 0 Å². The number of anilines is 1. The molecular formula is C26H22N4O4. The number of hydrogen-bond acceptors (Lipinski definition) is 6. The Morgan fingerprint density at radius 3 is 2.53 bits per heavy atom. The Morgan fingerprint density at radius 2 is 1.82 bits per heavy atom. The molecule has 0 spiro atoms. The zero-order valence-corrected chi connectivity index (χ0v) is 18.4. The van der Waals surface area contributed by atoms with Crippen LogP contribution in [0.5, 0.6) is 5.75 Å². The number of aliphatic hydroxyl groups is 1. The van der Waals surface area contributed by atoms with Crippen LogP contribution in [0.2, 0.25) is 0 Å². The van der Waals surface area contributed by atoms with Crippen LogP contribution in [0.1, 0.15) is 30.6 Å². The number of H-pyrrole nitrogens is 1. The Labute approximate surface area is 195 Å². The van der Waals surface area contributed by atoms with E-state index in [0.29, 0.717) is 29.1 Å². The Hall–Kier alpha value is -4.46. The fraction of sp³-hybridized carbons (Fsp3) is 0.154. The van der Waals surface area contributed by atoms with Crippen LogP contribution in [0.15, 0.2) is 78.5 Å². The van der Waals surface area contributed by atoms with Gasteiger partial charge in [-0.05, 0) is 55.0 Å². The van der Waals surface area contributed by atoms with E-state index in [-0.39, 0.29) is 17.3 Å². The monoisotopic (exact) mass is 454 g/mol. The summed E-state index contributed by atoms with van der Waals surface area (Å²) >= 11 is 0. The second kappa shape index (κ2) is 8.82. The number of benzene rings is 2. The number of carbonyl (C=O) groups is 2. The highest BCUT2D eigenvalue weighted by Crippen LogP contribution is 2.41. The predicted octanol–water partition coefficient (Wildman–Crippen LogP) is 4.37. The first kappa shape index (κ1) is 21.4. The first-order chi connectivity index (χ1) is 16.6. The number of aromatic amines is 1. The lowest BCUT2D eigenvalue weighted by Crippen LogP contribution is -2.30. The van der Waals surface area contributed by atoms with Crippen LogP contribution in [-0.4, -0.2) is 38.4 Å². The van der Waals surface area contributed by atoms with Gasteiger partial charge >= 0.3 is 5.91 Å². The van der Waals surface area contributed by atoms with Gasteiger partial charge in [0.15, 0.2) is 0 Å². The van der Waals surface area contributed by atoms with Gasteiger partial charge in [0.1, 0.15) is 17.6 Å². The number of aliphatic hydroxyl groups excluding tert-OH is 1. The molecule has 1 fully saturated rings. The van der Waals surface area contributed by atoms with Crippen molar-refractivity contribution in [2.75, 3.05) is 11.5 Å². The van der Waals surface area contributed by atoms with Crippen molar-refractivity contribution in [3.63, 3.8) is 0 Å². The molecule has 1 amide bonds. The van der Waals surface area contributed by atoms with E-state index in [2.05, 4.69) is 15.0 Å². The molecule has 34 heavy (non-hydrogen) atoms. The fourth-order valence-corrected chi connectivity index (χ4v) is 4.01. The minimum atomic E-state index is -0.946. The van der Waals surface area contributed by atoms with E-state index in [4.69, 9.17) is 4.74 Å². The number of Topliss-reactive ketones (excluding diaryl/α,β-unsaturated/α-hetero) is 1. The molecule has 2 aromatic heterocycles. The molecule has 0 bridgehead atoms. The summed E-state index contributed by atoms with van der Waals surface area (Å²) < 4.78 is 5.60. The number of ketones is 1. The van der Waals surface area contributed by atoms with Gasteiger partial charge < -0.3 is 14.8 Å². The van der Waals surface area contributed by atoms with Crippen LogP contribution in [0.4, 0.5) is 5.95 Å². The van der Waals surface area contributed by atoms with E-state index in [9.17, 15) is 14.7 Å². The van der Waals surface area contributed by atoms with E-state index < -0.39 is 17.7 Å². The highest BCUT2D eigenvalue weighted by atomic mass is 16.5. The first-order valence-electron chi connectivity index (χ1n) is 11.0. The molecule has 170 valence electrons. The Bertz CT molecular complexity index is 1360. The number of fused-ring (bicyclic) bond motifs is 1. The van der Waals surface area contributed by atoms with Gasteiger partial charge in [-0.15, -0.1) is 0 Å². The number of ether oxygens (including phenoxy) is 1. The maximum atomic E-state index is 13.2. The molecule has 0 radical (unpaired) electrons. The number of nitrogens with zero attached hydrogens (tertiary/aromatic N) is 3. The average molecular weight is 454 g/mol. The summed E-state index contributed by atoms with van der Waals surface area (Å²) in [6.45, 7) is 2.59. The van der Waals surface area contributed by atoms with Gasteiger partial charge in [0.2, 0.25) is 5.95 Å². The number of nitrogens with one attached hydrogen (secondary N) is 1. The molecule has 3 heterocycles. The lowest BCUT2D eigenvalue weighted by molar-refractivity contribution is -0.132. The molecule has 4 aromatic rings. The largest absolute Gasteiger partial charge is 0.507 e. The third-order valence-electron chi connectivity index (χ3n) is 5.62. The maximum absolute atomic E-state index is 13.2. The second-order valence-electron chi connectivity index (χ2n) is 7.87. The summed E-state index contributed by atoms with van der Waals surface area (Å²) in [6.07, 6.45) is 2.45. The molecule has 1 aliphatic rings. The molecule has 5 rings (SSSR count). The van der Waals surface area contributed by atoms with E-state index >= 15 is 0 Å². The maximum Gasteiger partial charge on any atom is 0.302 e. The molecule has 2 N–H and O–H groups in total. The van der Waals surface area contributed by atoms with Crippen molar-refractivity contribution >= 4 is 34.4 Å². The van der Waals surface area contributed by atoms with Crippen LogP contribution in [0, 0.1) is 0 Å². The molecule has 2 aromatic carbocycles. The van der Waals surface area contributed by atoms with Crippen molar-refractivity contribution in [2.45, 2.75) is 19.4 Å². The Kier molecular flexibility index (Phi) is 5.55. The van der Waals surface area contributed by atoms with Crippen molar-refractivity contribution in [3.8, 4) is 5.75 Å². The van der Waals surface area contributed by atoms with E-state index in [1.165, 1.54) is 4.90 Å². The predicted molar refractivity (Wildman–Crippen MR) is 127 cm³/mol. The van der Waals surface area contributed by atoms with Crippen molar-refractivity contribution < 1.29 is 19.4 Å². The van der Waals surface area contributed by atoms with Gasteiger partial charge in [0, 0.05) is 11.8 Å². The number of amides is 1. The number of imidazole rings is 1. The number of aromatic nitrogens is 3. The standard InChI is InChI=1S/C26H22N4O4/c1-2-15-34-17-12-10-16(11-13-17)23(31)21-22(20-9-5-6-14-27-20)30(25(33)24(21)32)26-28-18-7-3-4-8-19(18)29-26/h3-14,22,31H,2,15H2,1H3,(H,28,29)/b23-21+. The van der Waals surface area contributed by atoms with E-state index in [0.717, 1.165) is 11.9 Å². The number of para-hydroxylation sites is 2. The fourth-order valence-electron chi connectivity index (χ4n) is 4.01. The first-order valence-corrected chi connectivity index (χ1v) is 11.0. The van der Waals surface area contributed by atoms with Crippen LogP contribution >= 0.6 is 0 Å². The average Bonchev–Trinajstić information content (AvgIpc) is 3.41. The van der Waals surface area contributed by atoms with Crippen LogP contribution < -0.4 is 9.64 Å². The van der Waals surface area contributed by atoms with Gasteiger partial charge in [-0.1, -0.05) is 25.1 Å². The summed E-state index contributed by atoms with van der Waals surface area (Å²) in [7, 11) is 0. The number of carbonyl (C=O) groups excluding carboxylic acids is 2. The molecule has 1 unspecified atom stereocenters. The Balaban J connectivity index is 1.63. The number of rotatable bonds is 6. The van der Waals surface area contributed by atoms with Crippen molar-refractivity contribution in [2.24, 2.45) is 0 Å². The molecule has 0 aliphatic carbocycles. The van der Waals surface area contributed by atoms with Gasteiger partial charge in [-0.3, -0.25) is 19.5 Å². The van der Waals surface area contributed by atoms with Crippen molar-refractivity contribution in [1.29, 1.82) is 0 Å². The number of pyridine rings is 1. The summed E-state index contributed by atoms with van der Waals surface area (Å²) in [5.74, 6) is -1.02. The Morgan fingerprint density at radius 1 is 1.06 bits per heavy atom. The van der Waals surface area contributed by atoms with Crippen LogP contribution in [0.25, 0.3) is 16.8 Å². The minimum Gasteiger partial charge on any atom is -0.507 e. The molecule has 8 heteroatoms. The van der Waals surface area contributed by atoms with E-state index in [1.807, 2.05) is 31.2 Å². The zero-order valence-electron chi connectivity index (χ0n) is 18.4. The lowest BCUT2D eigenvalue weighted by Gasteiger charge is -2.22. The number of hydrogen-bond donors (Lipinski definition) is 2. The molecule has 1 aliphatic heterocycles. The van der Waals surface area contributed by atoms with Gasteiger partial charge in [0.25, 0.3) is 5.78 Å². The molecule has 1 atom stereocenters. The van der Waals surface area contributed by atoms with Crippen molar-refractivity contribution in [3.05, 3.63) is 89.8 Å². The summed E-state index contributed by atoms with van der Waals surface area (Å²) in [4.78, 5) is 39.7. The molecule has 8 nitrogen and oxygen atoms in total. The summed E-state index contributed by atoms with van der Waals surface area (Å²) in [5.41, 5.74) is 2.16. The van der Waals surface area contributed by atoms with Gasteiger partial charge in [0.05, 0.1) is 28.9 Å². The SMILES string of the molecule is CCCOc1ccc(/C(O)=C2\C(=O)C(=O)N(c3nc4ccccc4[nH]3)C2c2ccccn2)cc1. The molecular weight excluding hydrogens is 432 g/mol. The van der Waals surface area contributed by atoms with Gasteiger partial charge in [-0.2, -0.15) is 0 Å². The zero-order chi connectivity index (χ0) is 23.7. The lowest BCUT2D eigenvalue weighted by atomic mass is 9.98. The quantitative estimate of drug-likeness (QED) is 0.254. The highest BCUT2D eigenvalue weighted by Gasteiger charge is 2.48. The minimum absolute atomic E-state index is 0.0496. The third-order valence-corrected chi connectivity index (χ3v) is 5.62. The highest BCUT2D eigenvalue weighted by molar-refractivity contribution is 6.51. The third kappa shape index (κ3) is 3.69. The molecule has 1 saturated heterocycles. The van der Waals surface area contributed by atoms with Gasteiger partial charge in [-0.25, -0.2) is 4.98 Å². The molecule has 0 saturated carbocycles. The van der Waals surface area contributed by atoms with Crippen molar-refractivity contribution in [1.82, 2.24) is 15.0 Å². The summed E-state index contributed by atoms with van der Waals surface area (Å²) in [6, 6.07) is 18.4. The van der Waals surface area contributed by atoms with E-state index in [1.54, 1.807) is 48.7 Å². The summed E-state index contributed by atoms with van der Waals surface area (Å²) in [5, 5.41) is 11.2. The second-order valence-corrected chi connectivity index (χ2v) is 7.87.